The van der Waals surface area contributed by atoms with Gasteiger partial charge in [0.1, 0.15) is 11.6 Å². The second kappa shape index (κ2) is 7.36. The summed E-state index contributed by atoms with van der Waals surface area (Å²) in [6.45, 7) is 0.0718. The second-order valence-electron chi connectivity index (χ2n) is 6.66. The van der Waals surface area contributed by atoms with Gasteiger partial charge in [-0.2, -0.15) is 0 Å². The zero-order chi connectivity index (χ0) is 20.5. The molecule has 0 fully saturated rings. The van der Waals surface area contributed by atoms with Gasteiger partial charge in [0.2, 0.25) is 0 Å². The zero-order valence-electron chi connectivity index (χ0n) is 15.1. The number of benzene rings is 2. The van der Waals surface area contributed by atoms with Gasteiger partial charge in [0.25, 0.3) is 5.56 Å². The Balaban J connectivity index is 1.65. The van der Waals surface area contributed by atoms with E-state index in [1.165, 1.54) is 18.2 Å². The van der Waals surface area contributed by atoms with Crippen molar-refractivity contribution in [2.75, 3.05) is 11.9 Å². The van der Waals surface area contributed by atoms with Crippen molar-refractivity contribution in [1.82, 2.24) is 15.0 Å². The molecule has 0 aliphatic heterocycles. The Morgan fingerprint density at radius 1 is 1.17 bits per heavy atom. The lowest BCUT2D eigenvalue weighted by Crippen LogP contribution is -2.22. The molecule has 5 N–H and O–H groups in total. The minimum absolute atomic E-state index is 0.0718. The molecule has 148 valence electrons. The number of aliphatic carboxylic acids is 1. The number of hydrogen-bond acceptors (Lipinski definition) is 5. The molecule has 0 aliphatic rings. The molecule has 4 rings (SSSR count). The van der Waals surface area contributed by atoms with E-state index in [0.29, 0.717) is 28.1 Å². The van der Waals surface area contributed by atoms with Gasteiger partial charge < -0.3 is 25.5 Å². The first-order valence-corrected chi connectivity index (χ1v) is 8.86. The third kappa shape index (κ3) is 3.81. The number of imidazole rings is 1. The van der Waals surface area contributed by atoms with Gasteiger partial charge in [-0.3, -0.25) is 9.59 Å². The summed E-state index contributed by atoms with van der Waals surface area (Å²) in [5.74, 6) is -1.22. The smallest absolute Gasteiger partial charge is 0.306 e. The summed E-state index contributed by atoms with van der Waals surface area (Å²) in [5, 5.41) is 21.6. The number of nitrogens with one attached hydrogen (secondary N) is 3. The highest BCUT2D eigenvalue weighted by molar-refractivity contribution is 5.86. The monoisotopic (exact) mass is 396 g/mol. The molecule has 8 nitrogen and oxygen atoms in total. The number of aromatic amines is 2. The molecule has 1 unspecified atom stereocenters. The highest BCUT2D eigenvalue weighted by Crippen LogP contribution is 2.24. The molecular formula is C20H17FN4O4. The average Bonchev–Trinajstić information content (AvgIpc) is 3.08. The minimum Gasteiger partial charge on any atom is -0.481 e. The molecule has 0 bridgehead atoms. The van der Waals surface area contributed by atoms with E-state index in [1.807, 2.05) is 0 Å². The van der Waals surface area contributed by atoms with Crippen molar-refractivity contribution in [3.63, 3.8) is 0 Å². The maximum absolute atomic E-state index is 14.1. The van der Waals surface area contributed by atoms with Crippen molar-refractivity contribution in [3.8, 4) is 11.4 Å². The fraction of sp³-hybridized carbons (Fsp3) is 0.150. The van der Waals surface area contributed by atoms with Crippen LogP contribution in [0.5, 0.6) is 0 Å². The Bertz CT molecular complexity index is 1280. The van der Waals surface area contributed by atoms with Crippen LogP contribution in [0.25, 0.3) is 33.3 Å². The van der Waals surface area contributed by atoms with Crippen LogP contribution in [0.4, 0.5) is 10.1 Å². The van der Waals surface area contributed by atoms with E-state index in [9.17, 15) is 19.1 Å². The molecule has 0 spiro atoms. The first-order valence-electron chi connectivity index (χ1n) is 8.86. The molecule has 29 heavy (non-hydrogen) atoms. The van der Waals surface area contributed by atoms with Crippen molar-refractivity contribution in [2.45, 2.75) is 12.5 Å². The molecule has 2 aromatic carbocycles. The zero-order valence-corrected chi connectivity index (χ0v) is 15.1. The molecule has 9 heteroatoms. The van der Waals surface area contributed by atoms with Gasteiger partial charge >= 0.3 is 5.97 Å². The standard InChI is InChI=1S/C20H17FN4O4/c21-14-2-1-3-15-12(14)8-13(20(29)25-15)19-23-16-5-4-10(6-17(16)24-19)22-9-11(26)7-18(27)28/h1-6,8,11,22,26H,7,9H2,(H,23,24)(H,25,29)(H,27,28). The first-order chi connectivity index (χ1) is 13.9. The number of rotatable bonds is 6. The highest BCUT2D eigenvalue weighted by atomic mass is 19.1. The second-order valence-corrected chi connectivity index (χ2v) is 6.66. The van der Waals surface area contributed by atoms with Gasteiger partial charge in [0.05, 0.1) is 34.6 Å². The molecule has 0 aliphatic carbocycles. The molecule has 2 aromatic heterocycles. The van der Waals surface area contributed by atoms with Crippen LogP contribution in [0.2, 0.25) is 0 Å². The number of carbonyl (C=O) groups is 1. The predicted molar refractivity (Wildman–Crippen MR) is 106 cm³/mol. The Hall–Kier alpha value is -3.72. The van der Waals surface area contributed by atoms with Crippen LogP contribution in [-0.4, -0.2) is 43.8 Å². The number of nitrogens with zero attached hydrogens (tertiary/aromatic N) is 1. The molecule has 0 radical (unpaired) electrons. The van der Waals surface area contributed by atoms with E-state index >= 15 is 0 Å². The summed E-state index contributed by atoms with van der Waals surface area (Å²) in [6.07, 6.45) is -1.38. The molecule has 0 saturated carbocycles. The van der Waals surface area contributed by atoms with Gasteiger partial charge in [-0.15, -0.1) is 0 Å². The first kappa shape index (κ1) is 18.6. The van der Waals surface area contributed by atoms with Gasteiger partial charge in [-0.1, -0.05) is 6.07 Å². The van der Waals surface area contributed by atoms with Gasteiger partial charge in [-0.25, -0.2) is 9.37 Å². The van der Waals surface area contributed by atoms with E-state index in [4.69, 9.17) is 5.11 Å². The lowest BCUT2D eigenvalue weighted by Gasteiger charge is -2.10. The number of carboxylic acid groups (broad SMARTS) is 1. The molecular weight excluding hydrogens is 379 g/mol. The van der Waals surface area contributed by atoms with Crippen molar-refractivity contribution < 1.29 is 19.4 Å². The number of aromatic nitrogens is 3. The lowest BCUT2D eigenvalue weighted by atomic mass is 10.1. The molecule has 4 aromatic rings. The van der Waals surface area contributed by atoms with Crippen LogP contribution in [0.3, 0.4) is 0 Å². The fourth-order valence-corrected chi connectivity index (χ4v) is 3.12. The number of H-pyrrole nitrogens is 2. The SMILES string of the molecule is O=C(O)CC(O)CNc1ccc2nc(-c3cc4c(F)cccc4[nH]c3=O)[nH]c2c1. The number of carboxylic acids is 1. The number of aliphatic hydroxyl groups excluding tert-OH is 1. The van der Waals surface area contributed by atoms with Gasteiger partial charge in [0.15, 0.2) is 0 Å². The summed E-state index contributed by atoms with van der Waals surface area (Å²) < 4.78 is 14.1. The Morgan fingerprint density at radius 2 is 2.00 bits per heavy atom. The Morgan fingerprint density at radius 3 is 2.79 bits per heavy atom. The largest absolute Gasteiger partial charge is 0.481 e. The Kier molecular flexibility index (Phi) is 4.73. The van der Waals surface area contributed by atoms with Crippen LogP contribution in [0, 0.1) is 5.82 Å². The predicted octanol–water partition coefficient (Wildman–Crippen LogP) is 2.46. The van der Waals surface area contributed by atoms with Crippen molar-refractivity contribution in [1.29, 1.82) is 0 Å². The van der Waals surface area contributed by atoms with Gasteiger partial charge in [0, 0.05) is 17.6 Å². The van der Waals surface area contributed by atoms with E-state index in [0.717, 1.165) is 0 Å². The summed E-state index contributed by atoms with van der Waals surface area (Å²) in [7, 11) is 0. The topological polar surface area (TPSA) is 131 Å². The number of hydrogen-bond donors (Lipinski definition) is 5. The lowest BCUT2D eigenvalue weighted by molar-refractivity contribution is -0.138. The van der Waals surface area contributed by atoms with E-state index in [2.05, 4.69) is 20.3 Å². The fourth-order valence-electron chi connectivity index (χ4n) is 3.12. The maximum atomic E-state index is 14.1. The minimum atomic E-state index is -1.08. The number of aliphatic hydroxyl groups is 1. The number of pyridine rings is 1. The number of anilines is 1. The molecule has 0 amide bonds. The van der Waals surface area contributed by atoms with Crippen LogP contribution in [0.15, 0.2) is 47.3 Å². The van der Waals surface area contributed by atoms with Crippen molar-refractivity contribution >= 4 is 33.6 Å². The van der Waals surface area contributed by atoms with E-state index < -0.39 is 23.4 Å². The molecule has 2 heterocycles. The summed E-state index contributed by atoms with van der Waals surface area (Å²) in [6, 6.07) is 11.1. The van der Waals surface area contributed by atoms with Crippen LogP contribution in [-0.2, 0) is 4.79 Å². The normalized spacial score (nSPS) is 12.3. The summed E-state index contributed by atoms with van der Waals surface area (Å²) in [4.78, 5) is 33.1. The summed E-state index contributed by atoms with van der Waals surface area (Å²) in [5.41, 5.74) is 2.11. The third-order valence-corrected chi connectivity index (χ3v) is 4.52. The van der Waals surface area contributed by atoms with Crippen LogP contribution < -0.4 is 10.9 Å². The van der Waals surface area contributed by atoms with E-state index in [1.54, 1.807) is 24.3 Å². The summed E-state index contributed by atoms with van der Waals surface area (Å²) >= 11 is 0. The number of fused-ring (bicyclic) bond motifs is 2. The van der Waals surface area contributed by atoms with Gasteiger partial charge in [-0.05, 0) is 36.4 Å². The van der Waals surface area contributed by atoms with E-state index in [-0.39, 0.29) is 23.9 Å². The third-order valence-electron chi connectivity index (χ3n) is 4.52. The Labute approximate surface area is 163 Å². The molecule has 0 saturated heterocycles. The average molecular weight is 396 g/mol. The quantitative estimate of drug-likeness (QED) is 0.340. The number of halogens is 1. The maximum Gasteiger partial charge on any atom is 0.306 e. The van der Waals surface area contributed by atoms with Crippen LogP contribution >= 0.6 is 0 Å². The highest BCUT2D eigenvalue weighted by Gasteiger charge is 2.13. The van der Waals surface area contributed by atoms with Crippen molar-refractivity contribution in [3.05, 3.63) is 58.6 Å². The molecule has 1 atom stereocenters. The van der Waals surface area contributed by atoms with Crippen LogP contribution in [0.1, 0.15) is 6.42 Å². The van der Waals surface area contributed by atoms with Crippen molar-refractivity contribution in [2.24, 2.45) is 0 Å².